The van der Waals surface area contributed by atoms with Gasteiger partial charge in [-0.2, -0.15) is 0 Å². The van der Waals surface area contributed by atoms with Crippen molar-refractivity contribution in [2.24, 2.45) is 5.92 Å². The number of carbonyl (C=O) groups is 1. The van der Waals surface area contributed by atoms with E-state index in [1.807, 2.05) is 19.9 Å². The molecular weight excluding hydrogens is 152 g/mol. The van der Waals surface area contributed by atoms with Crippen LogP contribution in [0.3, 0.4) is 0 Å². The van der Waals surface area contributed by atoms with Gasteiger partial charge >= 0.3 is 0 Å². The summed E-state index contributed by atoms with van der Waals surface area (Å²) in [5.74, 6) is 1.31. The molecule has 0 unspecified atom stereocenters. The Bertz CT molecular complexity index is 171. The molecule has 0 aromatic heterocycles. The third-order valence-electron chi connectivity index (χ3n) is 2.08. The Morgan fingerprint density at radius 1 is 1.50 bits per heavy atom. The summed E-state index contributed by atoms with van der Waals surface area (Å²) in [5.41, 5.74) is 0. The number of rotatable bonds is 5. The van der Waals surface area contributed by atoms with Gasteiger partial charge in [0.05, 0.1) is 12.9 Å². The average molecular weight is 170 g/mol. The van der Waals surface area contributed by atoms with Crippen molar-refractivity contribution < 1.29 is 9.53 Å². The molecule has 0 aliphatic rings. The van der Waals surface area contributed by atoms with Crippen molar-refractivity contribution in [1.29, 1.82) is 0 Å². The molecule has 2 nitrogen and oxygen atoms in total. The molecule has 0 rings (SSSR count). The highest BCUT2D eigenvalue weighted by molar-refractivity contribution is 5.78. The van der Waals surface area contributed by atoms with Gasteiger partial charge in [-0.05, 0) is 32.8 Å². The summed E-state index contributed by atoms with van der Waals surface area (Å²) in [7, 11) is 1.64. The molecule has 0 saturated carbocycles. The molecule has 0 N–H and O–H groups in total. The van der Waals surface area contributed by atoms with Gasteiger partial charge in [-0.15, -0.1) is 0 Å². The highest BCUT2D eigenvalue weighted by atomic mass is 16.5. The standard InChI is InChI=1S/C10H18O2/c1-5-10(9(3)11)7-6-8(2)12-4/h6,10H,5,7H2,1-4H3/b8-6+/t10-/m0/s1. The molecule has 70 valence electrons. The summed E-state index contributed by atoms with van der Waals surface area (Å²) >= 11 is 0. The minimum atomic E-state index is 0.162. The van der Waals surface area contributed by atoms with E-state index in [9.17, 15) is 4.79 Å². The number of hydrogen-bond donors (Lipinski definition) is 0. The molecule has 0 fully saturated rings. The Balaban J connectivity index is 3.96. The van der Waals surface area contributed by atoms with Crippen molar-refractivity contribution in [3.63, 3.8) is 0 Å². The summed E-state index contributed by atoms with van der Waals surface area (Å²) in [5, 5.41) is 0. The molecule has 2 heteroatoms. The first-order valence-corrected chi connectivity index (χ1v) is 4.33. The molecule has 0 radical (unpaired) electrons. The lowest BCUT2D eigenvalue weighted by Gasteiger charge is -2.07. The van der Waals surface area contributed by atoms with E-state index in [0.717, 1.165) is 18.6 Å². The Kier molecular flexibility index (Phi) is 5.43. The van der Waals surface area contributed by atoms with Gasteiger partial charge in [-0.3, -0.25) is 4.79 Å². The summed E-state index contributed by atoms with van der Waals surface area (Å²) in [6.07, 6.45) is 3.67. The van der Waals surface area contributed by atoms with Gasteiger partial charge in [-0.1, -0.05) is 6.92 Å². The van der Waals surface area contributed by atoms with Gasteiger partial charge in [0.25, 0.3) is 0 Å². The molecule has 0 aromatic carbocycles. The van der Waals surface area contributed by atoms with Gasteiger partial charge in [0.2, 0.25) is 0 Å². The number of Topliss-reactive ketones (excluding diaryl/α,β-unsaturated/α-hetero) is 1. The third-order valence-corrected chi connectivity index (χ3v) is 2.08. The molecule has 12 heavy (non-hydrogen) atoms. The lowest BCUT2D eigenvalue weighted by Crippen LogP contribution is -2.08. The zero-order valence-corrected chi connectivity index (χ0v) is 8.39. The quantitative estimate of drug-likeness (QED) is 0.593. The zero-order chi connectivity index (χ0) is 9.56. The molecule has 0 heterocycles. The van der Waals surface area contributed by atoms with Crippen molar-refractivity contribution in [3.8, 4) is 0 Å². The van der Waals surface area contributed by atoms with Crippen LogP contribution in [0.5, 0.6) is 0 Å². The lowest BCUT2D eigenvalue weighted by atomic mass is 9.98. The zero-order valence-electron chi connectivity index (χ0n) is 8.39. The van der Waals surface area contributed by atoms with Crippen LogP contribution in [-0.2, 0) is 9.53 Å². The number of ether oxygens (including phenoxy) is 1. The number of allylic oxidation sites excluding steroid dienone is 2. The molecule has 0 spiro atoms. The first kappa shape index (κ1) is 11.2. The maximum atomic E-state index is 11.0. The van der Waals surface area contributed by atoms with Crippen LogP contribution in [0.15, 0.2) is 11.8 Å². The summed E-state index contributed by atoms with van der Waals surface area (Å²) in [6, 6.07) is 0. The van der Waals surface area contributed by atoms with Crippen LogP contribution in [0.4, 0.5) is 0 Å². The van der Waals surface area contributed by atoms with E-state index in [-0.39, 0.29) is 11.7 Å². The van der Waals surface area contributed by atoms with Crippen LogP contribution in [-0.4, -0.2) is 12.9 Å². The van der Waals surface area contributed by atoms with Crippen LogP contribution < -0.4 is 0 Å². The van der Waals surface area contributed by atoms with Crippen LogP contribution >= 0.6 is 0 Å². The summed E-state index contributed by atoms with van der Waals surface area (Å²) in [4.78, 5) is 11.0. The van der Waals surface area contributed by atoms with E-state index < -0.39 is 0 Å². The molecular formula is C10H18O2. The molecule has 0 amide bonds. The van der Waals surface area contributed by atoms with Gasteiger partial charge in [0, 0.05) is 5.92 Å². The fourth-order valence-electron chi connectivity index (χ4n) is 1.01. The van der Waals surface area contributed by atoms with Crippen LogP contribution in [0.1, 0.15) is 33.6 Å². The first-order chi connectivity index (χ1) is 5.61. The predicted octanol–water partition coefficient (Wildman–Crippen LogP) is 2.54. The number of carbonyl (C=O) groups excluding carboxylic acids is 1. The lowest BCUT2D eigenvalue weighted by molar-refractivity contribution is -0.120. The number of ketones is 1. The van der Waals surface area contributed by atoms with E-state index in [0.29, 0.717) is 0 Å². The van der Waals surface area contributed by atoms with Crippen molar-refractivity contribution in [2.75, 3.05) is 7.11 Å². The normalized spacial score (nSPS) is 14.2. The van der Waals surface area contributed by atoms with E-state index in [1.165, 1.54) is 0 Å². The molecule has 0 bridgehead atoms. The Hall–Kier alpha value is -0.790. The van der Waals surface area contributed by atoms with E-state index >= 15 is 0 Å². The highest BCUT2D eigenvalue weighted by Gasteiger charge is 2.09. The molecule has 1 atom stereocenters. The summed E-state index contributed by atoms with van der Waals surface area (Å²) in [6.45, 7) is 5.57. The Labute approximate surface area is 74.6 Å². The largest absolute Gasteiger partial charge is 0.502 e. The van der Waals surface area contributed by atoms with Crippen molar-refractivity contribution in [2.45, 2.75) is 33.6 Å². The topological polar surface area (TPSA) is 26.3 Å². The third kappa shape index (κ3) is 4.16. The van der Waals surface area contributed by atoms with Crippen molar-refractivity contribution in [1.82, 2.24) is 0 Å². The van der Waals surface area contributed by atoms with Crippen molar-refractivity contribution >= 4 is 5.78 Å². The predicted molar refractivity (Wildman–Crippen MR) is 49.8 cm³/mol. The minimum absolute atomic E-state index is 0.162. The van der Waals surface area contributed by atoms with E-state index in [4.69, 9.17) is 4.74 Å². The molecule has 0 saturated heterocycles. The maximum Gasteiger partial charge on any atom is 0.133 e. The van der Waals surface area contributed by atoms with Crippen LogP contribution in [0, 0.1) is 5.92 Å². The van der Waals surface area contributed by atoms with E-state index in [2.05, 4.69) is 0 Å². The van der Waals surface area contributed by atoms with Gasteiger partial charge < -0.3 is 4.74 Å². The second-order valence-corrected chi connectivity index (χ2v) is 2.97. The fourth-order valence-corrected chi connectivity index (χ4v) is 1.01. The van der Waals surface area contributed by atoms with Crippen LogP contribution in [0.25, 0.3) is 0 Å². The second kappa shape index (κ2) is 5.81. The van der Waals surface area contributed by atoms with Gasteiger partial charge in [0.15, 0.2) is 0 Å². The Morgan fingerprint density at radius 2 is 2.08 bits per heavy atom. The fraction of sp³-hybridized carbons (Fsp3) is 0.700. The Morgan fingerprint density at radius 3 is 2.42 bits per heavy atom. The highest BCUT2D eigenvalue weighted by Crippen LogP contribution is 2.11. The minimum Gasteiger partial charge on any atom is -0.502 e. The average Bonchev–Trinajstić information content (AvgIpc) is 2.04. The molecule has 0 aliphatic heterocycles. The van der Waals surface area contributed by atoms with E-state index in [1.54, 1.807) is 14.0 Å². The second-order valence-electron chi connectivity index (χ2n) is 2.97. The van der Waals surface area contributed by atoms with Gasteiger partial charge in [0.1, 0.15) is 5.78 Å². The molecule has 0 aromatic rings. The SMILES string of the molecule is CC[C@@H](C/C=C(\C)OC)C(C)=O. The van der Waals surface area contributed by atoms with Crippen LogP contribution in [0.2, 0.25) is 0 Å². The number of hydrogen-bond acceptors (Lipinski definition) is 2. The monoisotopic (exact) mass is 170 g/mol. The molecule has 0 aliphatic carbocycles. The summed E-state index contributed by atoms with van der Waals surface area (Å²) < 4.78 is 4.97. The first-order valence-electron chi connectivity index (χ1n) is 4.33. The van der Waals surface area contributed by atoms with Gasteiger partial charge in [-0.25, -0.2) is 0 Å². The van der Waals surface area contributed by atoms with Crippen molar-refractivity contribution in [3.05, 3.63) is 11.8 Å². The number of methoxy groups -OCH3 is 1. The maximum absolute atomic E-state index is 11.0. The smallest absolute Gasteiger partial charge is 0.133 e.